The van der Waals surface area contributed by atoms with Crippen molar-refractivity contribution in [2.45, 2.75) is 6.04 Å². The minimum Gasteiger partial charge on any atom is -0.294 e. The first-order chi connectivity index (χ1) is 13.8. The Balaban J connectivity index is 1.47. The maximum Gasteiger partial charge on any atom is 0.132 e. The van der Waals surface area contributed by atoms with E-state index in [0.29, 0.717) is 5.56 Å². The van der Waals surface area contributed by atoms with Gasteiger partial charge in [0, 0.05) is 31.7 Å². The molecule has 0 saturated carbocycles. The van der Waals surface area contributed by atoms with Gasteiger partial charge in [0.05, 0.1) is 12.3 Å². The van der Waals surface area contributed by atoms with Gasteiger partial charge in [0.1, 0.15) is 5.82 Å². The second kappa shape index (κ2) is 8.81. The Morgan fingerprint density at radius 2 is 1.25 bits per heavy atom. The van der Waals surface area contributed by atoms with E-state index in [-0.39, 0.29) is 11.9 Å². The van der Waals surface area contributed by atoms with Crippen molar-refractivity contribution in [2.75, 3.05) is 26.2 Å². The van der Waals surface area contributed by atoms with E-state index in [9.17, 15) is 4.39 Å². The Labute approximate surface area is 165 Å². The molecule has 1 aliphatic rings. The Morgan fingerprint density at radius 3 is 1.82 bits per heavy atom. The van der Waals surface area contributed by atoms with Gasteiger partial charge >= 0.3 is 0 Å². The largest absolute Gasteiger partial charge is 0.294 e. The summed E-state index contributed by atoms with van der Waals surface area (Å²) in [4.78, 5) is 2.50. The van der Waals surface area contributed by atoms with Crippen LogP contribution >= 0.6 is 0 Å². The molecule has 0 N–H and O–H groups in total. The van der Waals surface area contributed by atoms with Crippen LogP contribution in [0, 0.1) is 5.82 Å². The van der Waals surface area contributed by atoms with Crippen LogP contribution in [-0.2, 0) is 0 Å². The second-order valence-electron chi connectivity index (χ2n) is 6.98. The number of rotatable bonds is 5. The molecule has 142 valence electrons. The van der Waals surface area contributed by atoms with Gasteiger partial charge in [-0.25, -0.2) is 4.39 Å². The average molecular weight is 373 g/mol. The fourth-order valence-corrected chi connectivity index (χ4v) is 3.69. The van der Waals surface area contributed by atoms with Crippen LogP contribution in [0.25, 0.3) is 0 Å². The van der Waals surface area contributed by atoms with Gasteiger partial charge in [-0.1, -0.05) is 78.9 Å². The number of hydrogen-bond donors (Lipinski definition) is 0. The quantitative estimate of drug-likeness (QED) is 0.610. The predicted molar refractivity (Wildman–Crippen MR) is 112 cm³/mol. The van der Waals surface area contributed by atoms with Crippen LogP contribution in [0.2, 0.25) is 0 Å². The maximum absolute atomic E-state index is 13.8. The van der Waals surface area contributed by atoms with E-state index < -0.39 is 0 Å². The number of benzene rings is 3. The SMILES string of the molecule is Fc1ccccc1/C=N\N1CCN(C(c2ccccc2)c2ccccc2)CC1. The molecule has 1 aliphatic heterocycles. The summed E-state index contributed by atoms with van der Waals surface area (Å²) >= 11 is 0. The Bertz CT molecular complexity index is 864. The topological polar surface area (TPSA) is 18.8 Å². The van der Waals surface area contributed by atoms with Gasteiger partial charge < -0.3 is 0 Å². The van der Waals surface area contributed by atoms with Gasteiger partial charge in [-0.2, -0.15) is 5.10 Å². The van der Waals surface area contributed by atoms with Gasteiger partial charge in [-0.05, 0) is 17.2 Å². The maximum atomic E-state index is 13.8. The molecule has 4 heteroatoms. The lowest BCUT2D eigenvalue weighted by molar-refractivity contribution is 0.113. The normalized spacial score (nSPS) is 15.4. The summed E-state index contributed by atoms with van der Waals surface area (Å²) < 4.78 is 13.8. The van der Waals surface area contributed by atoms with Crippen LogP contribution in [-0.4, -0.2) is 42.3 Å². The lowest BCUT2D eigenvalue weighted by Crippen LogP contribution is -2.45. The van der Waals surface area contributed by atoms with Crippen molar-refractivity contribution in [3.05, 3.63) is 107 Å². The average Bonchev–Trinajstić information content (AvgIpc) is 2.76. The van der Waals surface area contributed by atoms with Gasteiger partial charge in [-0.15, -0.1) is 0 Å². The highest BCUT2D eigenvalue weighted by Crippen LogP contribution is 2.29. The summed E-state index contributed by atoms with van der Waals surface area (Å²) in [5.41, 5.74) is 3.13. The Kier molecular flexibility index (Phi) is 5.78. The molecule has 1 fully saturated rings. The molecule has 0 bridgehead atoms. The molecule has 0 spiro atoms. The van der Waals surface area contributed by atoms with Crippen molar-refractivity contribution in [1.29, 1.82) is 0 Å². The summed E-state index contributed by atoms with van der Waals surface area (Å²) in [5.74, 6) is -0.238. The first kappa shape index (κ1) is 18.4. The van der Waals surface area contributed by atoms with Gasteiger partial charge in [0.15, 0.2) is 0 Å². The van der Waals surface area contributed by atoms with E-state index in [4.69, 9.17) is 0 Å². The highest BCUT2D eigenvalue weighted by molar-refractivity contribution is 5.79. The molecule has 0 amide bonds. The zero-order chi connectivity index (χ0) is 19.2. The van der Waals surface area contributed by atoms with Crippen molar-refractivity contribution in [1.82, 2.24) is 9.91 Å². The number of hydrogen-bond acceptors (Lipinski definition) is 3. The van der Waals surface area contributed by atoms with Gasteiger partial charge in [0.25, 0.3) is 0 Å². The van der Waals surface area contributed by atoms with Crippen molar-refractivity contribution in [3.63, 3.8) is 0 Å². The smallest absolute Gasteiger partial charge is 0.132 e. The highest BCUT2D eigenvalue weighted by Gasteiger charge is 2.25. The first-order valence-electron chi connectivity index (χ1n) is 9.69. The zero-order valence-electron chi connectivity index (χ0n) is 15.8. The van der Waals surface area contributed by atoms with E-state index >= 15 is 0 Å². The third-order valence-corrected chi connectivity index (χ3v) is 5.15. The van der Waals surface area contributed by atoms with E-state index in [1.165, 1.54) is 17.2 Å². The zero-order valence-corrected chi connectivity index (χ0v) is 15.8. The molecule has 0 aliphatic carbocycles. The molecular formula is C24H24FN3. The summed E-state index contributed by atoms with van der Waals surface area (Å²) in [6.07, 6.45) is 1.62. The molecule has 0 unspecified atom stereocenters. The van der Waals surface area contributed by atoms with E-state index in [1.54, 1.807) is 18.3 Å². The van der Waals surface area contributed by atoms with E-state index in [2.05, 4.69) is 70.7 Å². The van der Waals surface area contributed by atoms with Crippen molar-refractivity contribution in [2.24, 2.45) is 5.10 Å². The third kappa shape index (κ3) is 4.29. The monoisotopic (exact) mass is 373 g/mol. The molecule has 4 rings (SSSR count). The molecular weight excluding hydrogens is 349 g/mol. The Hall–Kier alpha value is -2.98. The molecule has 0 radical (unpaired) electrons. The number of nitrogens with zero attached hydrogens (tertiary/aromatic N) is 3. The highest BCUT2D eigenvalue weighted by atomic mass is 19.1. The predicted octanol–water partition coefficient (Wildman–Crippen LogP) is 4.57. The van der Waals surface area contributed by atoms with Crippen LogP contribution in [0.5, 0.6) is 0 Å². The third-order valence-electron chi connectivity index (χ3n) is 5.15. The van der Waals surface area contributed by atoms with Crippen molar-refractivity contribution < 1.29 is 4.39 Å². The molecule has 0 aromatic heterocycles. The molecule has 1 saturated heterocycles. The number of halogens is 1. The van der Waals surface area contributed by atoms with Crippen LogP contribution < -0.4 is 0 Å². The number of hydrazone groups is 1. The molecule has 28 heavy (non-hydrogen) atoms. The second-order valence-corrected chi connectivity index (χ2v) is 6.98. The van der Waals surface area contributed by atoms with E-state index in [1.807, 2.05) is 11.1 Å². The Morgan fingerprint density at radius 1 is 0.714 bits per heavy atom. The van der Waals surface area contributed by atoms with Crippen LogP contribution in [0.15, 0.2) is 90.0 Å². The van der Waals surface area contributed by atoms with Crippen molar-refractivity contribution >= 4 is 6.21 Å². The van der Waals surface area contributed by atoms with Crippen molar-refractivity contribution in [3.8, 4) is 0 Å². The molecule has 1 heterocycles. The fraction of sp³-hybridized carbons (Fsp3) is 0.208. The molecule has 0 atom stereocenters. The van der Waals surface area contributed by atoms with Crippen LogP contribution in [0.1, 0.15) is 22.7 Å². The van der Waals surface area contributed by atoms with E-state index in [0.717, 1.165) is 26.2 Å². The van der Waals surface area contributed by atoms with Gasteiger partial charge in [-0.3, -0.25) is 9.91 Å². The number of piperazine rings is 1. The minimum absolute atomic E-state index is 0.236. The van der Waals surface area contributed by atoms with Crippen LogP contribution in [0.4, 0.5) is 4.39 Å². The summed E-state index contributed by atoms with van der Waals surface area (Å²) in [7, 11) is 0. The standard InChI is InChI=1S/C24H24FN3/c25-23-14-8-7-13-22(23)19-26-28-17-15-27(16-18-28)24(20-9-3-1-4-10-20)21-11-5-2-6-12-21/h1-14,19,24H,15-18H2/b26-19-. The van der Waals surface area contributed by atoms with Crippen LogP contribution in [0.3, 0.4) is 0 Å². The minimum atomic E-state index is -0.238. The summed E-state index contributed by atoms with van der Waals surface area (Å²) in [5, 5.41) is 6.52. The molecule has 3 nitrogen and oxygen atoms in total. The molecule has 3 aromatic carbocycles. The summed E-state index contributed by atoms with van der Waals surface area (Å²) in [6.45, 7) is 3.45. The summed E-state index contributed by atoms with van der Waals surface area (Å²) in [6, 6.07) is 28.2. The molecule has 3 aromatic rings. The van der Waals surface area contributed by atoms with Gasteiger partial charge in [0.2, 0.25) is 0 Å². The lowest BCUT2D eigenvalue weighted by atomic mass is 9.96. The fourth-order valence-electron chi connectivity index (χ4n) is 3.69. The lowest BCUT2D eigenvalue weighted by Gasteiger charge is -2.38. The first-order valence-corrected chi connectivity index (χ1v) is 9.69.